The van der Waals surface area contributed by atoms with Crippen molar-refractivity contribution < 1.29 is 22.7 Å². The van der Waals surface area contributed by atoms with E-state index in [1.165, 1.54) is 18.2 Å². The maximum absolute atomic E-state index is 12.9. The van der Waals surface area contributed by atoms with Crippen molar-refractivity contribution in [3.63, 3.8) is 0 Å². The number of fused-ring (bicyclic) bond motifs is 1. The van der Waals surface area contributed by atoms with Gasteiger partial charge < -0.3 is 15.4 Å². The number of anilines is 1. The van der Waals surface area contributed by atoms with Gasteiger partial charge in [0.2, 0.25) is 0 Å². The average molecular weight is 350 g/mol. The summed E-state index contributed by atoms with van der Waals surface area (Å²) in [7, 11) is 0. The Morgan fingerprint density at radius 3 is 2.52 bits per heavy atom. The van der Waals surface area contributed by atoms with Gasteiger partial charge in [-0.2, -0.15) is 13.2 Å². The van der Waals surface area contributed by atoms with Gasteiger partial charge in [0.05, 0.1) is 24.0 Å². The zero-order valence-corrected chi connectivity index (χ0v) is 13.3. The number of para-hydroxylation sites is 1. The van der Waals surface area contributed by atoms with Crippen LogP contribution in [-0.2, 0) is 23.9 Å². The Balaban J connectivity index is 1.56. The summed E-state index contributed by atoms with van der Waals surface area (Å²) in [5.74, 6) is 0. The molecule has 1 unspecified atom stereocenters. The summed E-state index contributed by atoms with van der Waals surface area (Å²) in [4.78, 5) is 11.9. The van der Waals surface area contributed by atoms with Gasteiger partial charge in [-0.05, 0) is 23.3 Å². The Morgan fingerprint density at radius 2 is 1.76 bits per heavy atom. The summed E-state index contributed by atoms with van der Waals surface area (Å²) >= 11 is 0. The summed E-state index contributed by atoms with van der Waals surface area (Å²) in [6, 6.07) is 12.0. The maximum atomic E-state index is 12.9. The number of benzene rings is 2. The molecule has 1 aliphatic rings. The van der Waals surface area contributed by atoms with Gasteiger partial charge in [-0.1, -0.05) is 36.4 Å². The Kier molecular flexibility index (Phi) is 4.94. The zero-order valence-electron chi connectivity index (χ0n) is 13.3. The standard InChI is InChI=1S/C18H17F3N2O2/c19-18(20,21)15-7-3-4-8-16(15)23-17(24)22-10-14-9-12-5-1-2-6-13(12)11-25-14/h1-8,14H,9-11H2,(H2,22,23,24). The van der Waals surface area contributed by atoms with Crippen LogP contribution in [0.2, 0.25) is 0 Å². The molecule has 2 aromatic rings. The van der Waals surface area contributed by atoms with E-state index in [1.54, 1.807) is 0 Å². The average Bonchev–Trinajstić information content (AvgIpc) is 2.59. The molecule has 0 aliphatic carbocycles. The molecule has 0 bridgehead atoms. The van der Waals surface area contributed by atoms with E-state index >= 15 is 0 Å². The van der Waals surface area contributed by atoms with E-state index < -0.39 is 17.8 Å². The molecule has 0 radical (unpaired) electrons. The summed E-state index contributed by atoms with van der Waals surface area (Å²) in [6.45, 7) is 0.676. The summed E-state index contributed by atoms with van der Waals surface area (Å²) in [5, 5.41) is 4.82. The predicted octanol–water partition coefficient (Wildman–Crippen LogP) is 3.97. The second kappa shape index (κ2) is 7.14. The van der Waals surface area contributed by atoms with Gasteiger partial charge in [0.25, 0.3) is 0 Å². The van der Waals surface area contributed by atoms with Crippen molar-refractivity contribution in [2.45, 2.75) is 25.3 Å². The van der Waals surface area contributed by atoms with Crippen molar-refractivity contribution in [2.24, 2.45) is 0 Å². The Labute approximate surface area is 143 Å². The lowest BCUT2D eigenvalue weighted by Gasteiger charge is -2.25. The molecule has 1 heterocycles. The smallest absolute Gasteiger partial charge is 0.371 e. The molecule has 0 saturated carbocycles. The van der Waals surface area contributed by atoms with E-state index in [0.717, 1.165) is 17.2 Å². The molecule has 0 saturated heterocycles. The fourth-order valence-corrected chi connectivity index (χ4v) is 2.75. The van der Waals surface area contributed by atoms with Gasteiger partial charge in [0, 0.05) is 13.0 Å². The lowest BCUT2D eigenvalue weighted by molar-refractivity contribution is -0.136. The third-order valence-electron chi connectivity index (χ3n) is 4.01. The first-order valence-corrected chi connectivity index (χ1v) is 7.83. The fourth-order valence-electron chi connectivity index (χ4n) is 2.75. The number of urea groups is 1. The van der Waals surface area contributed by atoms with Gasteiger partial charge in [-0.25, -0.2) is 4.79 Å². The number of amides is 2. The monoisotopic (exact) mass is 350 g/mol. The molecule has 0 aromatic heterocycles. The molecule has 0 spiro atoms. The molecule has 3 rings (SSSR count). The minimum absolute atomic E-state index is 0.210. The van der Waals surface area contributed by atoms with Crippen molar-refractivity contribution in [1.29, 1.82) is 0 Å². The summed E-state index contributed by atoms with van der Waals surface area (Å²) < 4.78 is 44.4. The van der Waals surface area contributed by atoms with Crippen LogP contribution in [0.25, 0.3) is 0 Å². The topological polar surface area (TPSA) is 50.4 Å². The second-order valence-corrected chi connectivity index (χ2v) is 5.78. The van der Waals surface area contributed by atoms with Crippen LogP contribution in [-0.4, -0.2) is 18.7 Å². The highest BCUT2D eigenvalue weighted by atomic mass is 19.4. The maximum Gasteiger partial charge on any atom is 0.418 e. The SMILES string of the molecule is O=C(NCC1Cc2ccccc2CO1)Nc1ccccc1C(F)(F)F. The second-order valence-electron chi connectivity index (χ2n) is 5.78. The van der Waals surface area contributed by atoms with E-state index in [2.05, 4.69) is 10.6 Å². The molecule has 4 nitrogen and oxygen atoms in total. The van der Waals surface area contributed by atoms with E-state index in [0.29, 0.717) is 13.0 Å². The van der Waals surface area contributed by atoms with Crippen molar-refractivity contribution in [1.82, 2.24) is 5.32 Å². The van der Waals surface area contributed by atoms with E-state index in [9.17, 15) is 18.0 Å². The quantitative estimate of drug-likeness (QED) is 0.880. The Hall–Kier alpha value is -2.54. The van der Waals surface area contributed by atoms with Gasteiger partial charge >= 0.3 is 12.2 Å². The minimum atomic E-state index is -4.53. The van der Waals surface area contributed by atoms with Crippen LogP contribution in [0.5, 0.6) is 0 Å². The molecule has 1 aliphatic heterocycles. The van der Waals surface area contributed by atoms with Gasteiger partial charge in [0.1, 0.15) is 0 Å². The Bertz CT molecular complexity index is 762. The van der Waals surface area contributed by atoms with E-state index in [-0.39, 0.29) is 18.3 Å². The number of carbonyl (C=O) groups is 1. The lowest BCUT2D eigenvalue weighted by atomic mass is 9.99. The number of alkyl halides is 3. The van der Waals surface area contributed by atoms with Crippen molar-refractivity contribution in [2.75, 3.05) is 11.9 Å². The highest BCUT2D eigenvalue weighted by Crippen LogP contribution is 2.34. The number of carbonyl (C=O) groups excluding carboxylic acids is 1. The number of ether oxygens (including phenoxy) is 1. The molecule has 2 N–H and O–H groups in total. The third kappa shape index (κ3) is 4.30. The van der Waals surface area contributed by atoms with Crippen molar-refractivity contribution >= 4 is 11.7 Å². The molecular formula is C18H17F3N2O2. The van der Waals surface area contributed by atoms with Gasteiger partial charge in [0.15, 0.2) is 0 Å². The predicted molar refractivity (Wildman–Crippen MR) is 87.2 cm³/mol. The normalized spacial score (nSPS) is 16.8. The van der Waals surface area contributed by atoms with Crippen LogP contribution in [0.1, 0.15) is 16.7 Å². The molecular weight excluding hydrogens is 333 g/mol. The first kappa shape index (κ1) is 17.3. The third-order valence-corrected chi connectivity index (χ3v) is 4.01. The lowest BCUT2D eigenvalue weighted by Crippen LogP contribution is -2.39. The van der Waals surface area contributed by atoms with Crippen LogP contribution in [0, 0.1) is 0 Å². The molecule has 7 heteroatoms. The van der Waals surface area contributed by atoms with E-state index in [4.69, 9.17) is 4.74 Å². The molecule has 132 valence electrons. The van der Waals surface area contributed by atoms with Crippen LogP contribution in [0.4, 0.5) is 23.7 Å². The Morgan fingerprint density at radius 1 is 1.08 bits per heavy atom. The number of hydrogen-bond acceptors (Lipinski definition) is 2. The minimum Gasteiger partial charge on any atom is -0.371 e. The van der Waals surface area contributed by atoms with Crippen LogP contribution >= 0.6 is 0 Å². The number of hydrogen-bond donors (Lipinski definition) is 2. The largest absolute Gasteiger partial charge is 0.418 e. The molecule has 0 fully saturated rings. The van der Waals surface area contributed by atoms with E-state index in [1.807, 2.05) is 24.3 Å². The molecule has 2 amide bonds. The summed E-state index contributed by atoms with van der Waals surface area (Å²) in [6.07, 6.45) is -4.09. The van der Waals surface area contributed by atoms with Gasteiger partial charge in [-0.3, -0.25) is 0 Å². The number of nitrogens with one attached hydrogen (secondary N) is 2. The first-order chi connectivity index (χ1) is 11.9. The van der Waals surface area contributed by atoms with Crippen molar-refractivity contribution in [3.8, 4) is 0 Å². The van der Waals surface area contributed by atoms with Crippen LogP contribution in [0.15, 0.2) is 48.5 Å². The molecule has 25 heavy (non-hydrogen) atoms. The van der Waals surface area contributed by atoms with Crippen LogP contribution < -0.4 is 10.6 Å². The first-order valence-electron chi connectivity index (χ1n) is 7.83. The number of halogens is 3. The van der Waals surface area contributed by atoms with Crippen LogP contribution in [0.3, 0.4) is 0 Å². The van der Waals surface area contributed by atoms with Gasteiger partial charge in [-0.15, -0.1) is 0 Å². The highest BCUT2D eigenvalue weighted by molar-refractivity contribution is 5.90. The highest BCUT2D eigenvalue weighted by Gasteiger charge is 2.33. The molecule has 2 aromatic carbocycles. The summed E-state index contributed by atoms with van der Waals surface area (Å²) in [5.41, 5.74) is 1.11. The van der Waals surface area contributed by atoms with Crippen molar-refractivity contribution in [3.05, 3.63) is 65.2 Å². The molecule has 1 atom stereocenters. The zero-order chi connectivity index (χ0) is 17.9. The number of rotatable bonds is 3. The fraction of sp³-hybridized carbons (Fsp3) is 0.278.